The van der Waals surface area contributed by atoms with E-state index >= 15 is 0 Å². The van der Waals surface area contributed by atoms with Gasteiger partial charge < -0.3 is 15.1 Å². The van der Waals surface area contributed by atoms with Crippen molar-refractivity contribution in [2.45, 2.75) is 12.7 Å². The average molecular weight is 539 g/mol. The maximum atomic E-state index is 14.4. The predicted octanol–water partition coefficient (Wildman–Crippen LogP) is 5.06. The number of anilines is 1. The molecule has 196 valence electrons. The lowest BCUT2D eigenvalue weighted by molar-refractivity contribution is -0.137. The van der Waals surface area contributed by atoms with E-state index < -0.39 is 17.6 Å². The Morgan fingerprint density at radius 1 is 1.05 bits per heavy atom. The monoisotopic (exact) mass is 538 g/mol. The second-order valence-corrected chi connectivity index (χ2v) is 8.74. The lowest BCUT2D eigenvalue weighted by Gasteiger charge is -2.35. The summed E-state index contributed by atoms with van der Waals surface area (Å²) in [5.41, 5.74) is 0.0424. The van der Waals surface area contributed by atoms with Crippen LogP contribution in [0.2, 0.25) is 5.02 Å². The van der Waals surface area contributed by atoms with Crippen LogP contribution in [-0.4, -0.2) is 64.4 Å². The van der Waals surface area contributed by atoms with Crippen LogP contribution in [0.1, 0.15) is 11.1 Å². The summed E-state index contributed by atoms with van der Waals surface area (Å²) in [6.07, 6.45) is -3.51. The van der Waals surface area contributed by atoms with E-state index in [0.717, 1.165) is 18.3 Å². The lowest BCUT2D eigenvalue weighted by Crippen LogP contribution is -2.47. The second kappa shape index (κ2) is 11.4. The topological polar surface area (TPSA) is 97.4 Å². The van der Waals surface area contributed by atoms with Crippen LogP contribution < -0.4 is 4.90 Å². The number of aliphatic hydroxyl groups is 1. The Morgan fingerprint density at radius 2 is 1.81 bits per heavy atom. The van der Waals surface area contributed by atoms with Crippen LogP contribution in [-0.2, 0) is 12.7 Å². The van der Waals surface area contributed by atoms with Crippen molar-refractivity contribution >= 4 is 23.4 Å². The van der Waals surface area contributed by atoms with Gasteiger partial charge in [-0.15, -0.1) is 5.11 Å². The van der Waals surface area contributed by atoms with E-state index in [1.807, 2.05) is 0 Å². The molecule has 2 aromatic carbocycles. The number of piperazine rings is 1. The third-order valence-electron chi connectivity index (χ3n) is 5.87. The molecular weight excluding hydrogens is 516 g/mol. The molecule has 0 unspecified atom stereocenters. The second-order valence-electron chi connectivity index (χ2n) is 8.34. The van der Waals surface area contributed by atoms with E-state index in [9.17, 15) is 22.7 Å². The number of phenols is 1. The van der Waals surface area contributed by atoms with Crippen LogP contribution in [0.3, 0.4) is 0 Å². The Kier molecular flexibility index (Phi) is 8.20. The fourth-order valence-corrected chi connectivity index (χ4v) is 4.18. The number of aromatic hydroxyl groups is 1. The molecule has 0 atom stereocenters. The number of aliphatic hydroxyl groups excluding tert-OH is 1. The minimum absolute atomic E-state index is 0.0516. The molecule has 3 aromatic rings. The Morgan fingerprint density at radius 3 is 2.51 bits per heavy atom. The molecule has 0 saturated carbocycles. The summed E-state index contributed by atoms with van der Waals surface area (Å²) in [7, 11) is 0. The van der Waals surface area contributed by atoms with Crippen molar-refractivity contribution in [2.24, 2.45) is 10.2 Å². The zero-order valence-corrected chi connectivity index (χ0v) is 20.2. The van der Waals surface area contributed by atoms with Gasteiger partial charge in [0.1, 0.15) is 5.75 Å². The van der Waals surface area contributed by atoms with Crippen LogP contribution in [0.4, 0.5) is 29.3 Å². The molecule has 8 nitrogen and oxygen atoms in total. The van der Waals surface area contributed by atoms with E-state index in [1.54, 1.807) is 4.90 Å². The number of β-amino-alcohol motifs (C(OH)–C–C–N with tert-alkyl or cyclic N) is 1. The molecule has 1 aliphatic rings. The molecule has 1 aromatic heterocycles. The number of azo groups is 1. The Balaban J connectivity index is 1.51. The number of aromatic nitrogens is 2. The standard InChI is InChI=1S/C24H23ClF4N6O2/c25-19-12-16(15-2-1-3-18(11-15)24(27,28)29)10-17(21(19)37)13-31-33-23-30-14-20(26)22(32-23)35-6-4-34(5-7-35)8-9-36/h1-3,10-12,14,36-37H,4-9,13H2. The smallest absolute Gasteiger partial charge is 0.416 e. The molecule has 0 amide bonds. The first-order chi connectivity index (χ1) is 17.7. The maximum Gasteiger partial charge on any atom is 0.416 e. The van der Waals surface area contributed by atoms with E-state index in [4.69, 9.17) is 16.7 Å². The molecular formula is C24H23ClF4N6O2. The summed E-state index contributed by atoms with van der Waals surface area (Å²) in [6.45, 7) is 2.74. The normalized spacial score (nSPS) is 15.0. The Bertz CT molecular complexity index is 1280. The summed E-state index contributed by atoms with van der Waals surface area (Å²) in [5.74, 6) is -0.885. The summed E-state index contributed by atoms with van der Waals surface area (Å²) in [6, 6.07) is 7.58. The van der Waals surface area contributed by atoms with Crippen LogP contribution in [0.15, 0.2) is 52.8 Å². The number of rotatable bonds is 7. The zero-order chi connectivity index (χ0) is 26.6. The van der Waals surface area contributed by atoms with Crippen molar-refractivity contribution < 1.29 is 27.8 Å². The highest BCUT2D eigenvalue weighted by atomic mass is 35.5. The molecule has 0 aliphatic carbocycles. The molecule has 0 bridgehead atoms. The highest BCUT2D eigenvalue weighted by Gasteiger charge is 2.30. The van der Waals surface area contributed by atoms with Crippen molar-refractivity contribution in [3.63, 3.8) is 0 Å². The van der Waals surface area contributed by atoms with Gasteiger partial charge in [0.15, 0.2) is 11.6 Å². The van der Waals surface area contributed by atoms with Gasteiger partial charge in [0.2, 0.25) is 0 Å². The first-order valence-electron chi connectivity index (χ1n) is 11.3. The molecule has 2 N–H and O–H groups in total. The molecule has 0 spiro atoms. The highest BCUT2D eigenvalue weighted by molar-refractivity contribution is 6.32. The number of benzene rings is 2. The van der Waals surface area contributed by atoms with Crippen LogP contribution in [0.25, 0.3) is 11.1 Å². The molecule has 1 saturated heterocycles. The van der Waals surface area contributed by atoms with E-state index in [2.05, 4.69) is 25.1 Å². The van der Waals surface area contributed by atoms with E-state index in [-0.39, 0.29) is 46.8 Å². The molecule has 1 aliphatic heterocycles. The van der Waals surface area contributed by atoms with Crippen LogP contribution in [0.5, 0.6) is 5.75 Å². The summed E-state index contributed by atoms with van der Waals surface area (Å²) in [4.78, 5) is 11.8. The third kappa shape index (κ3) is 6.51. The SMILES string of the molecule is OCCN1CCN(c2nc(N=NCc3cc(-c4cccc(C(F)(F)F)c4)cc(Cl)c3O)ncc2F)CC1. The van der Waals surface area contributed by atoms with Gasteiger partial charge in [-0.05, 0) is 35.4 Å². The largest absolute Gasteiger partial charge is 0.506 e. The van der Waals surface area contributed by atoms with Gasteiger partial charge in [-0.2, -0.15) is 23.3 Å². The van der Waals surface area contributed by atoms with Crippen LogP contribution in [0, 0.1) is 5.82 Å². The minimum atomic E-state index is -4.51. The zero-order valence-electron chi connectivity index (χ0n) is 19.5. The van der Waals surface area contributed by atoms with Gasteiger partial charge in [-0.25, -0.2) is 9.37 Å². The Hall–Kier alpha value is -3.35. The number of nitrogens with zero attached hydrogens (tertiary/aromatic N) is 6. The molecule has 2 heterocycles. The average Bonchev–Trinajstić information content (AvgIpc) is 2.88. The first kappa shape index (κ1) is 26.7. The maximum absolute atomic E-state index is 14.4. The van der Waals surface area contributed by atoms with Crippen molar-refractivity contribution in [1.82, 2.24) is 14.9 Å². The molecule has 13 heteroatoms. The predicted molar refractivity (Wildman–Crippen MR) is 130 cm³/mol. The third-order valence-corrected chi connectivity index (χ3v) is 6.16. The van der Waals surface area contributed by atoms with Gasteiger partial charge in [0.25, 0.3) is 5.95 Å². The van der Waals surface area contributed by atoms with E-state index in [1.165, 1.54) is 24.3 Å². The van der Waals surface area contributed by atoms with Gasteiger partial charge in [0, 0.05) is 38.3 Å². The molecule has 37 heavy (non-hydrogen) atoms. The van der Waals surface area contributed by atoms with Crippen molar-refractivity contribution in [2.75, 3.05) is 44.2 Å². The van der Waals surface area contributed by atoms with E-state index in [0.29, 0.717) is 38.3 Å². The van der Waals surface area contributed by atoms with Gasteiger partial charge in [-0.3, -0.25) is 4.90 Å². The van der Waals surface area contributed by atoms with Crippen molar-refractivity contribution in [3.8, 4) is 16.9 Å². The summed E-state index contributed by atoms with van der Waals surface area (Å²) >= 11 is 6.12. The number of halogens is 5. The van der Waals surface area contributed by atoms with Gasteiger partial charge in [-0.1, -0.05) is 23.7 Å². The fourth-order valence-electron chi connectivity index (χ4n) is 3.94. The molecule has 4 rings (SSSR count). The number of hydrogen-bond donors (Lipinski definition) is 2. The number of phenolic OH excluding ortho intramolecular Hbond substituents is 1. The number of hydrogen-bond acceptors (Lipinski definition) is 8. The van der Waals surface area contributed by atoms with Crippen molar-refractivity contribution in [3.05, 3.63) is 64.6 Å². The number of alkyl halides is 3. The van der Waals surface area contributed by atoms with Crippen LogP contribution >= 0.6 is 11.6 Å². The Labute approximate surface area is 214 Å². The van der Waals surface area contributed by atoms with Crippen molar-refractivity contribution in [1.29, 1.82) is 0 Å². The summed E-state index contributed by atoms with van der Waals surface area (Å²) < 4.78 is 53.7. The first-order valence-corrected chi connectivity index (χ1v) is 11.7. The quantitative estimate of drug-likeness (QED) is 0.322. The lowest BCUT2D eigenvalue weighted by atomic mass is 10.0. The molecule has 1 fully saturated rings. The fraction of sp³-hybridized carbons (Fsp3) is 0.333. The highest BCUT2D eigenvalue weighted by Crippen LogP contribution is 2.36. The summed E-state index contributed by atoms with van der Waals surface area (Å²) in [5, 5.41) is 27.3. The minimum Gasteiger partial charge on any atom is -0.506 e. The molecule has 0 radical (unpaired) electrons. The van der Waals surface area contributed by atoms with Gasteiger partial charge >= 0.3 is 6.18 Å². The van der Waals surface area contributed by atoms with Gasteiger partial charge in [0.05, 0.1) is 29.9 Å².